The topological polar surface area (TPSA) is 69.6 Å². The normalized spacial score (nSPS) is 13.4. The maximum atomic E-state index is 12.1. The fraction of sp³-hybridized carbons (Fsp3) is 0.861. The monoisotopic (exact) mass is 564 g/mol. The molecular formula is C36H69NO3. The number of aliphatic hydroxyl groups excluding tert-OH is 2. The zero-order chi connectivity index (χ0) is 29.4. The SMILES string of the molecule is CCCCCCC/C=C\C/C=C\CCCCCCCCCCCCCCCC(=O)NC(CO)C(O)CCCCC. The fourth-order valence-electron chi connectivity index (χ4n) is 5.21. The van der Waals surface area contributed by atoms with Gasteiger partial charge in [0.25, 0.3) is 0 Å². The van der Waals surface area contributed by atoms with Crippen LogP contribution >= 0.6 is 0 Å². The Balaban J connectivity index is 3.38. The van der Waals surface area contributed by atoms with E-state index in [1.807, 2.05) is 0 Å². The molecule has 2 unspecified atom stereocenters. The Kier molecular flexibility index (Phi) is 31.5. The second-order valence-electron chi connectivity index (χ2n) is 11.9. The summed E-state index contributed by atoms with van der Waals surface area (Å²) in [6.07, 6.45) is 40.1. The van der Waals surface area contributed by atoms with Crippen LogP contribution in [0.2, 0.25) is 0 Å². The van der Waals surface area contributed by atoms with Crippen LogP contribution in [0.4, 0.5) is 0 Å². The van der Waals surface area contributed by atoms with E-state index < -0.39 is 12.1 Å². The highest BCUT2D eigenvalue weighted by Crippen LogP contribution is 2.14. The van der Waals surface area contributed by atoms with Crippen molar-refractivity contribution in [3.05, 3.63) is 24.3 Å². The molecule has 0 aromatic carbocycles. The number of rotatable bonds is 31. The van der Waals surface area contributed by atoms with E-state index in [2.05, 4.69) is 43.5 Å². The van der Waals surface area contributed by atoms with Gasteiger partial charge in [0.05, 0.1) is 18.8 Å². The van der Waals surface area contributed by atoms with Crippen LogP contribution in [0.25, 0.3) is 0 Å². The standard InChI is InChI=1S/C36H69NO3/c1-3-5-7-8-9-10-11-12-13-14-15-16-17-18-19-20-21-22-23-24-25-26-27-28-30-32-36(40)37-34(33-38)35(39)31-29-6-4-2/h11-12,14-15,34-35,38-39H,3-10,13,16-33H2,1-2H3,(H,37,40)/b12-11-,15-14-. The molecule has 0 rings (SSSR count). The van der Waals surface area contributed by atoms with E-state index in [0.29, 0.717) is 12.8 Å². The zero-order valence-electron chi connectivity index (χ0n) is 26.9. The summed E-state index contributed by atoms with van der Waals surface area (Å²) in [5, 5.41) is 22.5. The molecule has 2 atom stereocenters. The van der Waals surface area contributed by atoms with E-state index in [9.17, 15) is 15.0 Å². The van der Waals surface area contributed by atoms with E-state index >= 15 is 0 Å². The number of nitrogens with one attached hydrogen (secondary N) is 1. The Morgan fingerprint density at radius 3 is 1.50 bits per heavy atom. The Bertz CT molecular complexity index is 574. The van der Waals surface area contributed by atoms with Crippen LogP contribution in [0.1, 0.15) is 181 Å². The lowest BCUT2D eigenvalue weighted by Crippen LogP contribution is -2.45. The van der Waals surface area contributed by atoms with Gasteiger partial charge in [-0.1, -0.05) is 154 Å². The Morgan fingerprint density at radius 1 is 0.600 bits per heavy atom. The number of aliphatic hydroxyl groups is 2. The summed E-state index contributed by atoms with van der Waals surface area (Å²) in [6.45, 7) is 4.20. The Morgan fingerprint density at radius 2 is 1.02 bits per heavy atom. The average molecular weight is 564 g/mol. The minimum atomic E-state index is -0.653. The lowest BCUT2D eigenvalue weighted by atomic mass is 10.0. The molecule has 0 saturated carbocycles. The van der Waals surface area contributed by atoms with E-state index in [4.69, 9.17) is 0 Å². The van der Waals surface area contributed by atoms with Gasteiger partial charge in [-0.15, -0.1) is 0 Å². The number of carbonyl (C=O) groups is 1. The summed E-state index contributed by atoms with van der Waals surface area (Å²) in [4.78, 5) is 12.1. The predicted molar refractivity (Wildman–Crippen MR) is 175 cm³/mol. The molecular weight excluding hydrogens is 494 g/mol. The van der Waals surface area contributed by atoms with Crippen molar-refractivity contribution >= 4 is 5.91 Å². The van der Waals surface area contributed by atoms with Gasteiger partial charge in [-0.25, -0.2) is 0 Å². The summed E-state index contributed by atoms with van der Waals surface area (Å²) < 4.78 is 0. The smallest absolute Gasteiger partial charge is 0.220 e. The van der Waals surface area contributed by atoms with Gasteiger partial charge in [0.15, 0.2) is 0 Å². The molecule has 4 nitrogen and oxygen atoms in total. The molecule has 0 aliphatic rings. The van der Waals surface area contributed by atoms with E-state index in [-0.39, 0.29) is 12.5 Å². The van der Waals surface area contributed by atoms with Crippen molar-refractivity contribution < 1.29 is 15.0 Å². The van der Waals surface area contributed by atoms with Gasteiger partial charge < -0.3 is 15.5 Å². The van der Waals surface area contributed by atoms with Crippen LogP contribution in [-0.4, -0.2) is 34.9 Å². The van der Waals surface area contributed by atoms with Crippen LogP contribution in [-0.2, 0) is 4.79 Å². The van der Waals surface area contributed by atoms with E-state index in [0.717, 1.165) is 38.5 Å². The molecule has 0 aliphatic heterocycles. The van der Waals surface area contributed by atoms with Gasteiger partial charge in [0.2, 0.25) is 5.91 Å². The zero-order valence-corrected chi connectivity index (χ0v) is 26.9. The number of amides is 1. The molecule has 236 valence electrons. The highest BCUT2D eigenvalue weighted by Gasteiger charge is 2.19. The summed E-state index contributed by atoms with van der Waals surface area (Å²) in [7, 11) is 0. The first kappa shape index (κ1) is 38.9. The molecule has 0 aromatic heterocycles. The first-order valence-electron chi connectivity index (χ1n) is 17.5. The van der Waals surface area contributed by atoms with Crippen LogP contribution in [0.3, 0.4) is 0 Å². The van der Waals surface area contributed by atoms with Gasteiger partial charge in [-0.2, -0.15) is 0 Å². The quantitative estimate of drug-likeness (QED) is 0.0580. The summed E-state index contributed by atoms with van der Waals surface area (Å²) in [5.41, 5.74) is 0. The fourth-order valence-corrected chi connectivity index (χ4v) is 5.21. The third-order valence-corrected chi connectivity index (χ3v) is 7.97. The largest absolute Gasteiger partial charge is 0.394 e. The van der Waals surface area contributed by atoms with Crippen LogP contribution in [0, 0.1) is 0 Å². The first-order valence-corrected chi connectivity index (χ1v) is 17.5. The molecule has 0 spiro atoms. The van der Waals surface area contributed by atoms with Gasteiger partial charge in [-0.05, 0) is 44.9 Å². The maximum absolute atomic E-state index is 12.1. The Labute approximate surface area is 249 Å². The molecule has 0 heterocycles. The van der Waals surface area contributed by atoms with Gasteiger partial charge in [0, 0.05) is 6.42 Å². The third-order valence-electron chi connectivity index (χ3n) is 7.97. The van der Waals surface area contributed by atoms with Crippen molar-refractivity contribution in [3.63, 3.8) is 0 Å². The summed E-state index contributed by atoms with van der Waals surface area (Å²) >= 11 is 0. The summed E-state index contributed by atoms with van der Waals surface area (Å²) in [5.74, 6) is -0.0448. The highest BCUT2D eigenvalue weighted by atomic mass is 16.3. The molecule has 40 heavy (non-hydrogen) atoms. The molecule has 0 bridgehead atoms. The second kappa shape index (κ2) is 32.4. The summed E-state index contributed by atoms with van der Waals surface area (Å²) in [6, 6.07) is -0.529. The molecule has 4 heteroatoms. The van der Waals surface area contributed by atoms with Gasteiger partial charge >= 0.3 is 0 Å². The third kappa shape index (κ3) is 28.4. The number of carbonyl (C=O) groups excluding carboxylic acids is 1. The molecule has 0 aliphatic carbocycles. The number of hydrogen-bond donors (Lipinski definition) is 3. The van der Waals surface area contributed by atoms with Gasteiger partial charge in [0.1, 0.15) is 0 Å². The van der Waals surface area contributed by atoms with Crippen molar-refractivity contribution in [1.82, 2.24) is 5.32 Å². The van der Waals surface area contributed by atoms with Gasteiger partial charge in [-0.3, -0.25) is 4.79 Å². The lowest BCUT2D eigenvalue weighted by molar-refractivity contribution is -0.123. The average Bonchev–Trinajstić information content (AvgIpc) is 2.96. The van der Waals surface area contributed by atoms with Crippen molar-refractivity contribution in [1.29, 1.82) is 0 Å². The van der Waals surface area contributed by atoms with Crippen molar-refractivity contribution in [3.8, 4) is 0 Å². The van der Waals surface area contributed by atoms with E-state index in [1.165, 1.54) is 116 Å². The molecule has 0 aromatic rings. The van der Waals surface area contributed by atoms with Crippen molar-refractivity contribution in [2.45, 2.75) is 193 Å². The Hall–Kier alpha value is -1.13. The second-order valence-corrected chi connectivity index (χ2v) is 11.9. The first-order chi connectivity index (χ1) is 19.7. The molecule has 0 fully saturated rings. The molecule has 3 N–H and O–H groups in total. The highest BCUT2D eigenvalue weighted by molar-refractivity contribution is 5.76. The molecule has 0 radical (unpaired) electrons. The maximum Gasteiger partial charge on any atom is 0.220 e. The van der Waals surface area contributed by atoms with Crippen molar-refractivity contribution in [2.24, 2.45) is 0 Å². The number of hydrogen-bond acceptors (Lipinski definition) is 3. The lowest BCUT2D eigenvalue weighted by Gasteiger charge is -2.22. The molecule has 0 saturated heterocycles. The minimum absolute atomic E-state index is 0.0448. The van der Waals surface area contributed by atoms with E-state index in [1.54, 1.807) is 0 Å². The van der Waals surface area contributed by atoms with Crippen molar-refractivity contribution in [2.75, 3.05) is 6.61 Å². The number of allylic oxidation sites excluding steroid dienone is 4. The molecule has 1 amide bonds. The van der Waals surface area contributed by atoms with Crippen LogP contribution in [0.5, 0.6) is 0 Å². The van der Waals surface area contributed by atoms with Crippen LogP contribution in [0.15, 0.2) is 24.3 Å². The number of unbranched alkanes of at least 4 members (excludes halogenated alkanes) is 20. The van der Waals surface area contributed by atoms with Crippen LogP contribution < -0.4 is 5.32 Å². The minimum Gasteiger partial charge on any atom is -0.394 e. The predicted octanol–water partition coefficient (Wildman–Crippen LogP) is 10.1.